The lowest BCUT2D eigenvalue weighted by Crippen LogP contribution is -2.45. The van der Waals surface area contributed by atoms with E-state index in [0.717, 1.165) is 10.6 Å². The fourth-order valence-electron chi connectivity index (χ4n) is 2.55. The van der Waals surface area contributed by atoms with Crippen LogP contribution in [0.15, 0.2) is 42.5 Å². The predicted octanol–water partition coefficient (Wildman–Crippen LogP) is 3.15. The van der Waals surface area contributed by atoms with E-state index < -0.39 is 22.0 Å². The third kappa shape index (κ3) is 5.05. The Bertz CT molecular complexity index is 916. The molecule has 1 amide bonds. The standard InChI is InChI=1S/C18H21ClN2O5S/c1-12(18(22)20-16-11-13(19)5-10-17(16)26-3)21(27(4,23)24)14-6-8-15(25-2)9-7-14/h5-12H,1-4H3,(H,20,22)/t12-/m0/s1. The molecule has 2 rings (SSSR count). The predicted molar refractivity (Wildman–Crippen MR) is 106 cm³/mol. The minimum atomic E-state index is -3.72. The Morgan fingerprint density at radius 2 is 1.74 bits per heavy atom. The van der Waals surface area contributed by atoms with Gasteiger partial charge in [0.25, 0.3) is 0 Å². The molecule has 146 valence electrons. The minimum Gasteiger partial charge on any atom is -0.497 e. The number of carbonyl (C=O) groups is 1. The molecule has 0 unspecified atom stereocenters. The molecule has 2 aromatic rings. The number of sulfonamides is 1. The molecular formula is C18H21ClN2O5S. The van der Waals surface area contributed by atoms with Gasteiger partial charge >= 0.3 is 0 Å². The van der Waals surface area contributed by atoms with Crippen molar-refractivity contribution in [3.63, 3.8) is 0 Å². The Labute approximate surface area is 163 Å². The average molecular weight is 413 g/mol. The summed E-state index contributed by atoms with van der Waals surface area (Å²) in [6.07, 6.45) is 1.04. The molecule has 0 saturated carbocycles. The zero-order valence-electron chi connectivity index (χ0n) is 15.4. The number of nitrogens with one attached hydrogen (secondary N) is 1. The molecule has 0 bridgehead atoms. The van der Waals surface area contributed by atoms with Crippen LogP contribution in [0.5, 0.6) is 11.5 Å². The van der Waals surface area contributed by atoms with Crippen molar-refractivity contribution in [1.82, 2.24) is 0 Å². The van der Waals surface area contributed by atoms with Crippen LogP contribution in [-0.4, -0.2) is 40.8 Å². The first-order valence-electron chi connectivity index (χ1n) is 7.95. The summed E-state index contributed by atoms with van der Waals surface area (Å²) in [6, 6.07) is 10.1. The molecule has 0 spiro atoms. The molecule has 0 radical (unpaired) electrons. The molecule has 0 aliphatic carbocycles. The molecule has 0 fully saturated rings. The number of carbonyl (C=O) groups excluding carboxylic acids is 1. The van der Waals surface area contributed by atoms with Crippen LogP contribution in [0.4, 0.5) is 11.4 Å². The smallest absolute Gasteiger partial charge is 0.248 e. The fourth-order valence-corrected chi connectivity index (χ4v) is 3.90. The zero-order valence-corrected chi connectivity index (χ0v) is 17.0. The first-order chi connectivity index (χ1) is 12.7. The van der Waals surface area contributed by atoms with Crippen LogP contribution >= 0.6 is 11.6 Å². The van der Waals surface area contributed by atoms with Gasteiger partial charge < -0.3 is 14.8 Å². The maximum absolute atomic E-state index is 12.7. The van der Waals surface area contributed by atoms with Crippen molar-refractivity contribution in [2.75, 3.05) is 30.1 Å². The van der Waals surface area contributed by atoms with E-state index in [1.807, 2.05) is 0 Å². The summed E-state index contributed by atoms with van der Waals surface area (Å²) in [5.74, 6) is 0.458. The van der Waals surface area contributed by atoms with Crippen molar-refractivity contribution in [1.29, 1.82) is 0 Å². The zero-order chi connectivity index (χ0) is 20.2. The van der Waals surface area contributed by atoms with Gasteiger partial charge in [-0.25, -0.2) is 8.42 Å². The number of ether oxygens (including phenoxy) is 2. The summed E-state index contributed by atoms with van der Waals surface area (Å²) < 4.78 is 36.0. The quantitative estimate of drug-likeness (QED) is 0.755. The summed E-state index contributed by atoms with van der Waals surface area (Å²) >= 11 is 5.97. The van der Waals surface area contributed by atoms with Crippen molar-refractivity contribution in [3.05, 3.63) is 47.5 Å². The van der Waals surface area contributed by atoms with Crippen molar-refractivity contribution in [3.8, 4) is 11.5 Å². The van der Waals surface area contributed by atoms with Crippen molar-refractivity contribution in [2.45, 2.75) is 13.0 Å². The van der Waals surface area contributed by atoms with Crippen LogP contribution in [-0.2, 0) is 14.8 Å². The number of benzene rings is 2. The molecule has 0 aliphatic heterocycles. The monoisotopic (exact) mass is 412 g/mol. The number of hydrogen-bond acceptors (Lipinski definition) is 5. The van der Waals surface area contributed by atoms with Gasteiger partial charge in [-0.15, -0.1) is 0 Å². The third-order valence-electron chi connectivity index (χ3n) is 3.83. The van der Waals surface area contributed by atoms with E-state index in [-0.39, 0.29) is 0 Å². The number of rotatable bonds is 7. The highest BCUT2D eigenvalue weighted by molar-refractivity contribution is 7.92. The molecule has 27 heavy (non-hydrogen) atoms. The largest absolute Gasteiger partial charge is 0.497 e. The first-order valence-corrected chi connectivity index (χ1v) is 10.2. The number of nitrogens with zero attached hydrogens (tertiary/aromatic N) is 1. The van der Waals surface area contributed by atoms with Gasteiger partial charge in [0.1, 0.15) is 17.5 Å². The SMILES string of the molecule is COc1ccc(N([C@@H](C)C(=O)Nc2cc(Cl)ccc2OC)S(C)(=O)=O)cc1. The lowest BCUT2D eigenvalue weighted by molar-refractivity contribution is -0.116. The van der Waals surface area contributed by atoms with E-state index in [4.69, 9.17) is 21.1 Å². The van der Waals surface area contributed by atoms with E-state index >= 15 is 0 Å². The van der Waals surface area contributed by atoms with E-state index in [1.165, 1.54) is 27.2 Å². The van der Waals surface area contributed by atoms with E-state index in [1.54, 1.807) is 36.4 Å². The molecule has 0 heterocycles. The van der Waals surface area contributed by atoms with E-state index in [2.05, 4.69) is 5.32 Å². The lowest BCUT2D eigenvalue weighted by atomic mass is 10.2. The summed E-state index contributed by atoms with van der Waals surface area (Å²) in [5.41, 5.74) is 0.698. The Morgan fingerprint density at radius 1 is 1.11 bits per heavy atom. The molecule has 9 heteroatoms. The number of amides is 1. The lowest BCUT2D eigenvalue weighted by Gasteiger charge is -2.28. The second-order valence-corrected chi connectivity index (χ2v) is 8.06. The number of anilines is 2. The highest BCUT2D eigenvalue weighted by atomic mass is 35.5. The Morgan fingerprint density at radius 3 is 2.26 bits per heavy atom. The Balaban J connectivity index is 2.33. The van der Waals surface area contributed by atoms with Crippen LogP contribution < -0.4 is 19.1 Å². The van der Waals surface area contributed by atoms with Gasteiger partial charge in [0, 0.05) is 5.02 Å². The van der Waals surface area contributed by atoms with Crippen LogP contribution in [0, 0.1) is 0 Å². The molecule has 0 saturated heterocycles. The number of hydrogen-bond donors (Lipinski definition) is 1. The fraction of sp³-hybridized carbons (Fsp3) is 0.278. The second kappa shape index (κ2) is 8.49. The Hall–Kier alpha value is -2.45. The summed E-state index contributed by atoms with van der Waals surface area (Å²) in [5, 5.41) is 3.08. The highest BCUT2D eigenvalue weighted by Gasteiger charge is 2.29. The van der Waals surface area contributed by atoms with Gasteiger partial charge in [0.2, 0.25) is 15.9 Å². The minimum absolute atomic E-state index is 0.346. The van der Waals surface area contributed by atoms with Gasteiger partial charge in [-0.1, -0.05) is 11.6 Å². The molecule has 1 atom stereocenters. The maximum Gasteiger partial charge on any atom is 0.248 e. The topological polar surface area (TPSA) is 84.9 Å². The number of halogens is 1. The molecule has 7 nitrogen and oxygen atoms in total. The Kier molecular flexibility index (Phi) is 6.56. The van der Waals surface area contributed by atoms with Crippen LogP contribution in [0.3, 0.4) is 0 Å². The van der Waals surface area contributed by atoms with Crippen LogP contribution in [0.1, 0.15) is 6.92 Å². The van der Waals surface area contributed by atoms with Crippen LogP contribution in [0.2, 0.25) is 5.02 Å². The molecule has 2 aromatic carbocycles. The van der Waals surface area contributed by atoms with Crippen molar-refractivity contribution >= 4 is 38.9 Å². The van der Waals surface area contributed by atoms with Crippen molar-refractivity contribution < 1.29 is 22.7 Å². The van der Waals surface area contributed by atoms with Gasteiger partial charge in [0.15, 0.2) is 0 Å². The summed E-state index contributed by atoms with van der Waals surface area (Å²) in [7, 11) is -0.751. The highest BCUT2D eigenvalue weighted by Crippen LogP contribution is 2.29. The molecule has 1 N–H and O–H groups in total. The molecule has 0 aliphatic rings. The summed E-state index contributed by atoms with van der Waals surface area (Å²) in [6.45, 7) is 1.50. The van der Waals surface area contributed by atoms with Gasteiger partial charge in [0.05, 0.1) is 31.9 Å². The maximum atomic E-state index is 12.7. The molecule has 0 aromatic heterocycles. The average Bonchev–Trinajstić information content (AvgIpc) is 2.61. The van der Waals surface area contributed by atoms with Gasteiger partial charge in [-0.2, -0.15) is 0 Å². The van der Waals surface area contributed by atoms with Gasteiger partial charge in [-0.05, 0) is 49.4 Å². The first kappa shape index (κ1) is 20.9. The third-order valence-corrected chi connectivity index (χ3v) is 5.31. The van der Waals surface area contributed by atoms with E-state index in [9.17, 15) is 13.2 Å². The summed E-state index contributed by atoms with van der Waals surface area (Å²) in [4.78, 5) is 12.7. The normalized spacial score (nSPS) is 12.2. The van der Waals surface area contributed by atoms with Gasteiger partial charge in [-0.3, -0.25) is 9.10 Å². The van der Waals surface area contributed by atoms with E-state index in [0.29, 0.717) is 27.9 Å². The van der Waals surface area contributed by atoms with Crippen LogP contribution in [0.25, 0.3) is 0 Å². The molecular weight excluding hydrogens is 392 g/mol. The number of methoxy groups -OCH3 is 2. The van der Waals surface area contributed by atoms with Crippen molar-refractivity contribution in [2.24, 2.45) is 0 Å². The second-order valence-electron chi connectivity index (χ2n) is 5.77.